The molecule has 0 bridgehead atoms. The lowest BCUT2D eigenvalue weighted by Gasteiger charge is -2.49. The molecule has 10 atom stereocenters. The Morgan fingerprint density at radius 3 is 1.11 bits per heavy atom. The lowest BCUT2D eigenvalue weighted by molar-refractivity contribution is -0.370. The molecule has 0 aliphatic carbocycles. The quantitative estimate of drug-likeness (QED) is 0.0755. The molecule has 1 N–H and O–H groups in total. The molecule has 6 aromatic carbocycles. The molecule has 0 radical (unpaired) electrons. The molecule has 64 heavy (non-hydrogen) atoms. The molecule has 0 aromatic heterocycles. The highest BCUT2D eigenvalue weighted by Gasteiger charge is 2.53. The molecular weight excluding hydrogens is 809 g/mol. The molecule has 10 heteroatoms. The molecule has 2 saturated heterocycles. The fraction of sp³-hybridized carbons (Fsp3) is 0.333. The molecule has 2 fully saturated rings. The summed E-state index contributed by atoms with van der Waals surface area (Å²) in [6, 6.07) is 59.7. The molecular formula is C54H58O10. The highest BCUT2D eigenvalue weighted by molar-refractivity contribution is 5.18. The third kappa shape index (κ3) is 12.8. The van der Waals surface area contributed by atoms with Crippen molar-refractivity contribution in [1.82, 2.24) is 0 Å². The second kappa shape index (κ2) is 23.7. The van der Waals surface area contributed by atoms with Crippen LogP contribution in [-0.4, -0.2) is 73.1 Å². The van der Waals surface area contributed by atoms with Crippen LogP contribution >= 0.6 is 0 Å². The topological polar surface area (TPSA) is 103 Å². The Morgan fingerprint density at radius 2 is 0.703 bits per heavy atom. The van der Waals surface area contributed by atoms with Gasteiger partial charge in [0.15, 0.2) is 12.6 Å². The number of hydrogen-bond acceptors (Lipinski definition) is 10. The molecule has 2 aliphatic heterocycles. The van der Waals surface area contributed by atoms with Crippen molar-refractivity contribution >= 4 is 0 Å². The molecule has 334 valence electrons. The summed E-state index contributed by atoms with van der Waals surface area (Å²) >= 11 is 0. The summed E-state index contributed by atoms with van der Waals surface area (Å²) in [7, 11) is 0. The molecule has 10 nitrogen and oxygen atoms in total. The van der Waals surface area contributed by atoms with Gasteiger partial charge in [-0.3, -0.25) is 0 Å². The summed E-state index contributed by atoms with van der Waals surface area (Å²) in [6.07, 6.45) is -8.44. The van der Waals surface area contributed by atoms with Crippen molar-refractivity contribution in [2.75, 3.05) is 6.61 Å². The second-order valence-corrected chi connectivity index (χ2v) is 16.2. The fourth-order valence-corrected chi connectivity index (χ4v) is 8.09. The second-order valence-electron chi connectivity index (χ2n) is 16.2. The molecule has 0 amide bonds. The van der Waals surface area contributed by atoms with Gasteiger partial charge >= 0.3 is 0 Å². The van der Waals surface area contributed by atoms with Gasteiger partial charge in [-0.15, -0.1) is 0 Å². The number of rotatable bonds is 21. The summed E-state index contributed by atoms with van der Waals surface area (Å²) < 4.78 is 60.8. The first-order chi connectivity index (χ1) is 31.6. The number of benzene rings is 6. The van der Waals surface area contributed by atoms with Crippen LogP contribution in [0.1, 0.15) is 40.3 Å². The number of hydrogen-bond donors (Lipinski definition) is 1. The van der Waals surface area contributed by atoms with Crippen LogP contribution in [0, 0.1) is 0 Å². The fourth-order valence-electron chi connectivity index (χ4n) is 8.09. The average Bonchev–Trinajstić information content (AvgIpc) is 3.34. The molecule has 0 saturated carbocycles. The summed E-state index contributed by atoms with van der Waals surface area (Å²) in [5.74, 6) is 0. The maximum Gasteiger partial charge on any atom is 0.187 e. The minimum absolute atomic E-state index is 0.0712. The number of ether oxygens (including phenoxy) is 9. The zero-order valence-electron chi connectivity index (χ0n) is 36.2. The summed E-state index contributed by atoms with van der Waals surface area (Å²) in [6.45, 7) is 3.67. The van der Waals surface area contributed by atoms with E-state index in [1.54, 1.807) is 0 Å². The molecule has 6 aromatic rings. The van der Waals surface area contributed by atoms with Crippen LogP contribution in [0.25, 0.3) is 0 Å². The highest BCUT2D eigenvalue weighted by Crippen LogP contribution is 2.36. The van der Waals surface area contributed by atoms with Gasteiger partial charge in [0, 0.05) is 0 Å². The first-order valence-electron chi connectivity index (χ1n) is 22.1. The lowest BCUT2D eigenvalue weighted by atomic mass is 9.96. The third-order valence-electron chi connectivity index (χ3n) is 11.4. The zero-order chi connectivity index (χ0) is 43.8. The van der Waals surface area contributed by atoms with Gasteiger partial charge < -0.3 is 47.7 Å². The van der Waals surface area contributed by atoms with E-state index in [-0.39, 0.29) is 26.4 Å². The predicted molar refractivity (Wildman–Crippen MR) is 241 cm³/mol. The summed E-state index contributed by atoms with van der Waals surface area (Å²) in [5, 5.41) is 11.8. The van der Waals surface area contributed by atoms with Crippen molar-refractivity contribution < 1.29 is 47.7 Å². The minimum Gasteiger partial charge on any atom is -0.374 e. The van der Waals surface area contributed by atoms with E-state index in [4.69, 9.17) is 42.6 Å². The van der Waals surface area contributed by atoms with Crippen LogP contribution in [0.5, 0.6) is 0 Å². The minimum atomic E-state index is -1.37. The maximum atomic E-state index is 11.8. The Labute approximate surface area is 376 Å². The first kappa shape index (κ1) is 45.5. The van der Waals surface area contributed by atoms with E-state index in [0.717, 1.165) is 33.4 Å². The van der Waals surface area contributed by atoms with Crippen LogP contribution in [-0.2, 0) is 82.3 Å². The van der Waals surface area contributed by atoms with Crippen molar-refractivity contribution in [3.63, 3.8) is 0 Å². The lowest BCUT2D eigenvalue weighted by Crippen LogP contribution is -2.65. The molecule has 8 rings (SSSR count). The van der Waals surface area contributed by atoms with E-state index in [2.05, 4.69) is 0 Å². The normalized spacial score (nSPS) is 25.8. The van der Waals surface area contributed by atoms with E-state index in [1.807, 2.05) is 189 Å². The SMILES string of the molecule is C[C@H]1O[C@@H](O[C@H]2[C@H](OCc3ccccc3)[C@@H](OCc3ccccc3)[C@@H](O)O[C@@H]2COCc2ccccc2)[C@H](OCc2ccccc2)[C@@H](OCc2ccccc2)[C@@H]1OCc1ccccc1. The van der Waals surface area contributed by atoms with Crippen molar-refractivity contribution in [2.45, 2.75) is 108 Å². The number of aliphatic hydroxyl groups excluding tert-OH is 1. The largest absolute Gasteiger partial charge is 0.374 e. The zero-order valence-corrected chi connectivity index (χ0v) is 36.2. The Balaban J connectivity index is 1.14. The van der Waals surface area contributed by atoms with Crippen molar-refractivity contribution in [3.05, 3.63) is 215 Å². The molecule has 0 unspecified atom stereocenters. The highest BCUT2D eigenvalue weighted by atomic mass is 16.7. The van der Waals surface area contributed by atoms with E-state index in [9.17, 15) is 5.11 Å². The van der Waals surface area contributed by atoms with Crippen molar-refractivity contribution in [1.29, 1.82) is 0 Å². The average molecular weight is 867 g/mol. The molecule has 2 heterocycles. The van der Waals surface area contributed by atoms with Crippen LogP contribution in [0.15, 0.2) is 182 Å². The Hall–Kier alpha value is -5.08. The summed E-state index contributed by atoms with van der Waals surface area (Å²) in [5.41, 5.74) is 5.87. The standard InChI is InChI=1S/C54H58O10/c1-39-47(57-33-41-22-10-3-11-23-41)49(58-34-42-24-12-4-13-25-42)52(61-37-45-30-18-7-19-31-45)54(62-39)64-48-46(38-56-32-40-20-8-2-9-21-40)63-53(55)51(60-36-44-28-16-6-17-29-44)50(48)59-35-43-26-14-5-15-27-43/h2-31,39,46-55H,32-38H2,1H3/t39-,46-,47-,48-,49+,50+,51-,52-,53+,54+/m1/s1. The van der Waals surface area contributed by atoms with E-state index < -0.39 is 61.4 Å². The monoisotopic (exact) mass is 866 g/mol. The predicted octanol–water partition coefficient (Wildman–Crippen LogP) is 8.98. The van der Waals surface area contributed by atoms with Gasteiger partial charge in [-0.25, -0.2) is 0 Å². The van der Waals surface area contributed by atoms with Crippen LogP contribution in [0.2, 0.25) is 0 Å². The molecule has 0 spiro atoms. The Kier molecular flexibility index (Phi) is 16.9. The smallest absolute Gasteiger partial charge is 0.187 e. The van der Waals surface area contributed by atoms with Gasteiger partial charge in [-0.2, -0.15) is 0 Å². The molecule has 2 aliphatic rings. The van der Waals surface area contributed by atoms with E-state index in [1.165, 1.54) is 0 Å². The van der Waals surface area contributed by atoms with Gasteiger partial charge in [-0.05, 0) is 40.3 Å². The van der Waals surface area contributed by atoms with Crippen molar-refractivity contribution in [3.8, 4) is 0 Å². The first-order valence-corrected chi connectivity index (χ1v) is 22.1. The Morgan fingerprint density at radius 1 is 0.375 bits per heavy atom. The van der Waals surface area contributed by atoms with Crippen LogP contribution in [0.3, 0.4) is 0 Å². The third-order valence-corrected chi connectivity index (χ3v) is 11.4. The van der Waals surface area contributed by atoms with Gasteiger partial charge in [0.05, 0.1) is 52.4 Å². The van der Waals surface area contributed by atoms with Crippen LogP contribution in [0.4, 0.5) is 0 Å². The summed E-state index contributed by atoms with van der Waals surface area (Å²) in [4.78, 5) is 0. The van der Waals surface area contributed by atoms with Gasteiger partial charge in [0.2, 0.25) is 0 Å². The number of aliphatic hydroxyl groups is 1. The van der Waals surface area contributed by atoms with Crippen molar-refractivity contribution in [2.24, 2.45) is 0 Å². The van der Waals surface area contributed by atoms with Gasteiger partial charge in [0.1, 0.15) is 42.7 Å². The Bertz CT molecular complexity index is 2190. The van der Waals surface area contributed by atoms with Gasteiger partial charge in [-0.1, -0.05) is 182 Å². The van der Waals surface area contributed by atoms with E-state index in [0.29, 0.717) is 19.8 Å². The van der Waals surface area contributed by atoms with Gasteiger partial charge in [0.25, 0.3) is 0 Å². The van der Waals surface area contributed by atoms with Crippen LogP contribution < -0.4 is 0 Å². The maximum absolute atomic E-state index is 11.8. The van der Waals surface area contributed by atoms with E-state index >= 15 is 0 Å².